The van der Waals surface area contributed by atoms with Gasteiger partial charge in [0, 0.05) is 6.04 Å². The standard InChI is InChI=1S/C18H27NOS/c1-2-3-5-10-15-11-8-9-14-17(15)20-18(21)19-16-12-6-4-7-13-16/h8-9,11,14,16H,2-7,10,12-13H2,1H3,(H,19,21). The van der Waals surface area contributed by atoms with Gasteiger partial charge in [-0.05, 0) is 49.5 Å². The number of rotatable bonds is 6. The molecule has 0 aliphatic heterocycles. The van der Waals surface area contributed by atoms with Gasteiger partial charge in [-0.2, -0.15) is 0 Å². The molecule has 0 unspecified atom stereocenters. The van der Waals surface area contributed by atoms with Crippen LogP contribution in [0.3, 0.4) is 0 Å². The molecule has 0 atom stereocenters. The fourth-order valence-corrected chi connectivity index (χ4v) is 3.17. The van der Waals surface area contributed by atoms with Crippen LogP contribution in [0, 0.1) is 0 Å². The Balaban J connectivity index is 1.87. The molecule has 1 aromatic carbocycles. The Morgan fingerprint density at radius 2 is 1.95 bits per heavy atom. The summed E-state index contributed by atoms with van der Waals surface area (Å²) in [6.07, 6.45) is 11.1. The smallest absolute Gasteiger partial charge is 0.262 e. The molecular weight excluding hydrogens is 278 g/mol. The summed E-state index contributed by atoms with van der Waals surface area (Å²) in [5.74, 6) is 0.918. The quantitative estimate of drug-likeness (QED) is 0.590. The monoisotopic (exact) mass is 305 g/mol. The Kier molecular flexibility index (Phi) is 7.01. The first-order chi connectivity index (χ1) is 10.3. The second kappa shape index (κ2) is 9.04. The first-order valence-electron chi connectivity index (χ1n) is 8.36. The Bertz CT molecular complexity index is 441. The van der Waals surface area contributed by atoms with Crippen molar-refractivity contribution < 1.29 is 4.74 Å². The third kappa shape index (κ3) is 5.66. The summed E-state index contributed by atoms with van der Waals surface area (Å²) >= 11 is 5.38. The van der Waals surface area contributed by atoms with Crippen molar-refractivity contribution in [3.8, 4) is 5.75 Å². The molecule has 0 spiro atoms. The molecule has 1 N–H and O–H groups in total. The van der Waals surface area contributed by atoms with Crippen molar-refractivity contribution >= 4 is 17.4 Å². The van der Waals surface area contributed by atoms with Gasteiger partial charge in [0.1, 0.15) is 5.75 Å². The lowest BCUT2D eigenvalue weighted by Gasteiger charge is -2.24. The van der Waals surface area contributed by atoms with E-state index < -0.39 is 0 Å². The molecule has 0 bridgehead atoms. The predicted molar refractivity (Wildman–Crippen MR) is 92.9 cm³/mol. The minimum atomic E-state index is 0.499. The molecular formula is C18H27NOS. The van der Waals surface area contributed by atoms with E-state index in [1.807, 2.05) is 12.1 Å². The SMILES string of the molecule is CCCCCc1ccccc1OC(=S)NC1CCCCC1. The summed E-state index contributed by atoms with van der Waals surface area (Å²) in [6.45, 7) is 2.23. The maximum absolute atomic E-state index is 5.90. The lowest BCUT2D eigenvalue weighted by atomic mass is 9.96. The highest BCUT2D eigenvalue weighted by Crippen LogP contribution is 2.22. The minimum absolute atomic E-state index is 0.499. The summed E-state index contributed by atoms with van der Waals surface area (Å²) < 4.78 is 5.90. The molecule has 1 fully saturated rings. The van der Waals surface area contributed by atoms with Crippen LogP contribution in [0.1, 0.15) is 63.9 Å². The van der Waals surface area contributed by atoms with Crippen molar-refractivity contribution in [3.63, 3.8) is 0 Å². The molecule has 2 rings (SSSR count). The number of aryl methyl sites for hydroxylation is 1. The molecule has 21 heavy (non-hydrogen) atoms. The fraction of sp³-hybridized carbons (Fsp3) is 0.611. The van der Waals surface area contributed by atoms with E-state index in [2.05, 4.69) is 24.4 Å². The van der Waals surface area contributed by atoms with E-state index in [0.29, 0.717) is 11.2 Å². The molecule has 3 heteroatoms. The van der Waals surface area contributed by atoms with Crippen LogP contribution in [0.2, 0.25) is 0 Å². The Hall–Kier alpha value is -1.09. The highest BCUT2D eigenvalue weighted by atomic mass is 32.1. The molecule has 0 heterocycles. The Morgan fingerprint density at radius 1 is 1.19 bits per heavy atom. The van der Waals surface area contributed by atoms with Gasteiger partial charge in [0.05, 0.1) is 0 Å². The Morgan fingerprint density at radius 3 is 2.71 bits per heavy atom. The van der Waals surface area contributed by atoms with Crippen molar-refractivity contribution in [2.24, 2.45) is 0 Å². The molecule has 1 aromatic rings. The van der Waals surface area contributed by atoms with Gasteiger partial charge in [0.2, 0.25) is 0 Å². The molecule has 0 amide bonds. The van der Waals surface area contributed by atoms with E-state index in [0.717, 1.165) is 12.2 Å². The number of thiocarbonyl (C=S) groups is 1. The predicted octanol–water partition coefficient (Wildman–Crippen LogP) is 5.01. The van der Waals surface area contributed by atoms with E-state index in [9.17, 15) is 0 Å². The molecule has 1 aliphatic rings. The summed E-state index contributed by atoms with van der Waals surface area (Å²) in [7, 11) is 0. The van der Waals surface area contributed by atoms with Crippen LogP contribution in [-0.2, 0) is 6.42 Å². The fourth-order valence-electron chi connectivity index (χ4n) is 2.92. The molecule has 116 valence electrons. The van der Waals surface area contributed by atoms with Crippen LogP contribution in [0.4, 0.5) is 0 Å². The average molecular weight is 305 g/mol. The van der Waals surface area contributed by atoms with Gasteiger partial charge in [-0.3, -0.25) is 0 Å². The average Bonchev–Trinajstić information content (AvgIpc) is 2.50. The molecule has 0 saturated heterocycles. The maximum atomic E-state index is 5.90. The van der Waals surface area contributed by atoms with Crippen molar-refractivity contribution in [1.29, 1.82) is 0 Å². The maximum Gasteiger partial charge on any atom is 0.262 e. The number of hydrogen-bond acceptors (Lipinski definition) is 2. The van der Waals surface area contributed by atoms with E-state index in [1.165, 1.54) is 56.9 Å². The largest absolute Gasteiger partial charge is 0.432 e. The van der Waals surface area contributed by atoms with Gasteiger partial charge in [0.15, 0.2) is 0 Å². The van der Waals surface area contributed by atoms with Crippen LogP contribution in [0.25, 0.3) is 0 Å². The van der Waals surface area contributed by atoms with Gasteiger partial charge < -0.3 is 10.1 Å². The topological polar surface area (TPSA) is 21.3 Å². The first kappa shape index (κ1) is 16.3. The van der Waals surface area contributed by atoms with E-state index >= 15 is 0 Å². The van der Waals surface area contributed by atoms with Crippen LogP contribution >= 0.6 is 12.2 Å². The van der Waals surface area contributed by atoms with E-state index in [4.69, 9.17) is 17.0 Å². The van der Waals surface area contributed by atoms with Crippen molar-refractivity contribution in [3.05, 3.63) is 29.8 Å². The molecule has 1 saturated carbocycles. The number of nitrogens with one attached hydrogen (secondary N) is 1. The number of para-hydroxylation sites is 1. The molecule has 0 radical (unpaired) electrons. The zero-order chi connectivity index (χ0) is 14.9. The summed E-state index contributed by atoms with van der Waals surface area (Å²) in [5, 5.41) is 3.90. The highest BCUT2D eigenvalue weighted by molar-refractivity contribution is 7.80. The lowest BCUT2D eigenvalue weighted by molar-refractivity contribution is 0.393. The van der Waals surface area contributed by atoms with Crippen molar-refractivity contribution in [1.82, 2.24) is 5.32 Å². The van der Waals surface area contributed by atoms with Crippen LogP contribution in [0.15, 0.2) is 24.3 Å². The van der Waals surface area contributed by atoms with Gasteiger partial charge >= 0.3 is 0 Å². The van der Waals surface area contributed by atoms with Gasteiger partial charge in [-0.25, -0.2) is 0 Å². The second-order valence-corrected chi connectivity index (χ2v) is 6.30. The molecule has 2 nitrogen and oxygen atoms in total. The summed E-state index contributed by atoms with van der Waals surface area (Å²) in [5.41, 5.74) is 1.26. The molecule has 0 aromatic heterocycles. The van der Waals surface area contributed by atoms with Gasteiger partial charge in [-0.1, -0.05) is 57.2 Å². The number of unbranched alkanes of at least 4 members (excludes halogenated alkanes) is 2. The second-order valence-electron chi connectivity index (χ2n) is 5.93. The minimum Gasteiger partial charge on any atom is -0.432 e. The van der Waals surface area contributed by atoms with Crippen molar-refractivity contribution in [2.75, 3.05) is 0 Å². The van der Waals surface area contributed by atoms with Gasteiger partial charge in [-0.15, -0.1) is 0 Å². The zero-order valence-electron chi connectivity index (χ0n) is 13.1. The van der Waals surface area contributed by atoms with Crippen molar-refractivity contribution in [2.45, 2.75) is 70.8 Å². The highest BCUT2D eigenvalue weighted by Gasteiger charge is 2.15. The van der Waals surface area contributed by atoms with Gasteiger partial charge in [0.25, 0.3) is 5.17 Å². The van der Waals surface area contributed by atoms with E-state index in [-0.39, 0.29) is 0 Å². The first-order valence-corrected chi connectivity index (χ1v) is 8.76. The van der Waals surface area contributed by atoms with Crippen LogP contribution in [0.5, 0.6) is 5.75 Å². The third-order valence-corrected chi connectivity index (χ3v) is 4.35. The number of hydrogen-bond donors (Lipinski definition) is 1. The van der Waals surface area contributed by atoms with E-state index in [1.54, 1.807) is 0 Å². The zero-order valence-corrected chi connectivity index (χ0v) is 13.9. The van der Waals surface area contributed by atoms with Crippen LogP contribution < -0.4 is 10.1 Å². The number of benzene rings is 1. The normalized spacial score (nSPS) is 15.7. The summed E-state index contributed by atoms with van der Waals surface area (Å²) in [4.78, 5) is 0. The number of ether oxygens (including phenoxy) is 1. The van der Waals surface area contributed by atoms with Crippen LogP contribution in [-0.4, -0.2) is 11.2 Å². The summed E-state index contributed by atoms with van der Waals surface area (Å²) in [6, 6.07) is 8.76. The molecule has 1 aliphatic carbocycles. The lowest BCUT2D eigenvalue weighted by Crippen LogP contribution is -2.37. The third-order valence-electron chi connectivity index (χ3n) is 4.15. The Labute approximate surface area is 134 Å².